The average molecular weight is 499 g/mol. The van der Waals surface area contributed by atoms with Crippen LogP contribution in [-0.4, -0.2) is 65.5 Å². The van der Waals surface area contributed by atoms with Gasteiger partial charge in [-0.2, -0.15) is 20.1 Å². The number of hydrogen-bond acceptors (Lipinski definition) is 11. The summed E-state index contributed by atoms with van der Waals surface area (Å²) >= 11 is 6.21. The van der Waals surface area contributed by atoms with E-state index in [1.807, 2.05) is 0 Å². The molecule has 0 atom stereocenters. The molecule has 1 N–H and O–H groups in total. The molecule has 2 aromatic heterocycles. The number of anilines is 3. The number of halogens is 1. The number of non-ortho nitro benzene ring substituents is 1. The summed E-state index contributed by atoms with van der Waals surface area (Å²) < 4.78 is 11.2. The Hall–Kier alpha value is -3.77. The molecule has 0 radical (unpaired) electrons. The number of nitrogens with one attached hydrogen (secondary N) is 1. The second-order valence-electron chi connectivity index (χ2n) is 8.05. The molecule has 35 heavy (non-hydrogen) atoms. The van der Waals surface area contributed by atoms with Gasteiger partial charge >= 0.3 is 0 Å². The van der Waals surface area contributed by atoms with Gasteiger partial charge in [-0.25, -0.2) is 5.43 Å². The molecule has 3 aromatic rings. The molecule has 0 bridgehead atoms. The minimum absolute atomic E-state index is 0.0719. The highest BCUT2D eigenvalue weighted by Gasteiger charge is 2.21. The van der Waals surface area contributed by atoms with Crippen molar-refractivity contribution in [3.05, 3.63) is 51.2 Å². The van der Waals surface area contributed by atoms with Gasteiger partial charge in [-0.1, -0.05) is 11.6 Å². The largest absolute Gasteiger partial charge is 0.455 e. The lowest BCUT2D eigenvalue weighted by atomic mass is 10.1. The smallest absolute Gasteiger partial charge is 0.270 e. The molecule has 0 saturated carbocycles. The van der Waals surface area contributed by atoms with Crippen LogP contribution in [-0.2, 0) is 4.74 Å². The van der Waals surface area contributed by atoms with Crippen LogP contribution in [0.15, 0.2) is 39.9 Å². The number of furan rings is 1. The zero-order chi connectivity index (χ0) is 24.2. The van der Waals surface area contributed by atoms with Crippen LogP contribution in [0.1, 0.15) is 18.6 Å². The summed E-state index contributed by atoms with van der Waals surface area (Å²) in [5.41, 5.74) is 3.22. The SMILES string of the molecule is O=[N+]([O-])c1ccc(Cl)c(-c2ccc(/C=N\Nc3nc(N4CCCC4)nc(N4CCOCC4)n3)o2)c1. The summed E-state index contributed by atoms with van der Waals surface area (Å²) in [5, 5.41) is 15.6. The molecule has 13 heteroatoms. The van der Waals surface area contributed by atoms with Gasteiger partial charge in [0.2, 0.25) is 17.8 Å². The van der Waals surface area contributed by atoms with Crippen LogP contribution in [0, 0.1) is 10.1 Å². The quantitative estimate of drug-likeness (QED) is 0.292. The van der Waals surface area contributed by atoms with Crippen molar-refractivity contribution in [3.63, 3.8) is 0 Å². The first-order valence-corrected chi connectivity index (χ1v) is 11.6. The third-order valence-electron chi connectivity index (χ3n) is 5.70. The van der Waals surface area contributed by atoms with Crippen LogP contribution in [0.3, 0.4) is 0 Å². The highest BCUT2D eigenvalue weighted by Crippen LogP contribution is 2.32. The van der Waals surface area contributed by atoms with E-state index < -0.39 is 4.92 Å². The predicted molar refractivity (Wildman–Crippen MR) is 131 cm³/mol. The molecule has 2 aliphatic rings. The number of hydrogen-bond donors (Lipinski definition) is 1. The van der Waals surface area contributed by atoms with Crippen molar-refractivity contribution in [3.8, 4) is 11.3 Å². The summed E-state index contributed by atoms with van der Waals surface area (Å²) in [4.78, 5) is 28.6. The van der Waals surface area contributed by atoms with E-state index >= 15 is 0 Å². The standard InChI is InChI=1S/C22H23ClN8O4/c23-18-5-3-15(31(32)33)13-17(18)19-6-4-16(35-19)14-24-28-20-25-21(29-7-1-2-8-29)27-22(26-20)30-9-11-34-12-10-30/h3-6,13-14H,1-2,7-12H2,(H,25,26,27,28)/b24-14-. The van der Waals surface area contributed by atoms with Crippen LogP contribution < -0.4 is 15.2 Å². The maximum atomic E-state index is 11.1. The normalized spacial score (nSPS) is 16.3. The topological polar surface area (TPSA) is 135 Å². The maximum Gasteiger partial charge on any atom is 0.270 e. The van der Waals surface area contributed by atoms with Gasteiger partial charge in [0.25, 0.3) is 5.69 Å². The van der Waals surface area contributed by atoms with Gasteiger partial charge in [0, 0.05) is 43.9 Å². The lowest BCUT2D eigenvalue weighted by Gasteiger charge is -2.27. The summed E-state index contributed by atoms with van der Waals surface area (Å²) in [6.45, 7) is 4.49. The van der Waals surface area contributed by atoms with Crippen molar-refractivity contribution in [2.75, 3.05) is 54.6 Å². The van der Waals surface area contributed by atoms with Crippen LogP contribution >= 0.6 is 11.6 Å². The number of ether oxygens (including phenoxy) is 1. The van der Waals surface area contributed by atoms with Gasteiger partial charge in [0.05, 0.1) is 29.4 Å². The van der Waals surface area contributed by atoms with E-state index in [9.17, 15) is 10.1 Å². The van der Waals surface area contributed by atoms with E-state index in [0.717, 1.165) is 25.9 Å². The Labute approximate surface area is 205 Å². The van der Waals surface area contributed by atoms with E-state index in [-0.39, 0.29) is 5.69 Å². The Morgan fingerprint density at radius 2 is 1.74 bits per heavy atom. The monoisotopic (exact) mass is 498 g/mol. The molecular formula is C22H23ClN8O4. The van der Waals surface area contributed by atoms with Gasteiger partial charge in [-0.05, 0) is 31.0 Å². The Kier molecular flexibility index (Phi) is 6.73. The molecule has 0 amide bonds. The van der Waals surface area contributed by atoms with Crippen LogP contribution in [0.5, 0.6) is 0 Å². The fraction of sp³-hybridized carbons (Fsp3) is 0.364. The molecule has 1 aromatic carbocycles. The number of morpholine rings is 1. The van der Waals surface area contributed by atoms with Crippen molar-refractivity contribution in [2.45, 2.75) is 12.8 Å². The Bertz CT molecular complexity index is 1240. The average Bonchev–Trinajstić information content (AvgIpc) is 3.57. The Morgan fingerprint density at radius 1 is 1.03 bits per heavy atom. The first-order chi connectivity index (χ1) is 17.1. The minimum atomic E-state index is -0.481. The van der Waals surface area contributed by atoms with E-state index in [1.54, 1.807) is 12.1 Å². The summed E-state index contributed by atoms with van der Waals surface area (Å²) in [7, 11) is 0. The zero-order valence-electron chi connectivity index (χ0n) is 18.8. The Morgan fingerprint density at radius 3 is 2.46 bits per heavy atom. The third kappa shape index (κ3) is 5.33. The van der Waals surface area contributed by atoms with E-state index in [1.165, 1.54) is 24.4 Å². The van der Waals surface area contributed by atoms with E-state index in [2.05, 4.69) is 35.3 Å². The first-order valence-electron chi connectivity index (χ1n) is 11.2. The van der Waals surface area contributed by atoms with Crippen molar-refractivity contribution < 1.29 is 14.1 Å². The molecule has 2 fully saturated rings. The molecule has 0 aliphatic carbocycles. The lowest BCUT2D eigenvalue weighted by Crippen LogP contribution is -2.38. The van der Waals surface area contributed by atoms with Crippen LogP contribution in [0.4, 0.5) is 23.5 Å². The number of rotatable bonds is 7. The molecule has 0 unspecified atom stereocenters. The molecule has 5 rings (SSSR count). The second-order valence-corrected chi connectivity index (χ2v) is 8.45. The third-order valence-corrected chi connectivity index (χ3v) is 6.03. The van der Waals surface area contributed by atoms with E-state index in [4.69, 9.17) is 20.8 Å². The van der Waals surface area contributed by atoms with Gasteiger partial charge in [0.1, 0.15) is 11.5 Å². The molecule has 4 heterocycles. The predicted octanol–water partition coefficient (Wildman–Crippen LogP) is 3.58. The summed E-state index contributed by atoms with van der Waals surface area (Å²) in [6, 6.07) is 7.56. The minimum Gasteiger partial charge on any atom is -0.455 e. The molecule has 2 aliphatic heterocycles. The molecule has 182 valence electrons. The van der Waals surface area contributed by atoms with Crippen LogP contribution in [0.2, 0.25) is 5.02 Å². The number of aromatic nitrogens is 3. The van der Waals surface area contributed by atoms with Crippen molar-refractivity contribution in [2.24, 2.45) is 5.10 Å². The fourth-order valence-electron chi connectivity index (χ4n) is 3.90. The number of benzene rings is 1. The Balaban J connectivity index is 1.34. The molecular weight excluding hydrogens is 476 g/mol. The van der Waals surface area contributed by atoms with Crippen molar-refractivity contribution in [1.82, 2.24) is 15.0 Å². The summed E-state index contributed by atoms with van der Waals surface area (Å²) in [6.07, 6.45) is 3.69. The number of nitro benzene ring substituents is 1. The highest BCUT2D eigenvalue weighted by atomic mass is 35.5. The number of nitrogens with zero attached hydrogens (tertiary/aromatic N) is 7. The van der Waals surface area contributed by atoms with Gasteiger partial charge in [-0.3, -0.25) is 10.1 Å². The van der Waals surface area contributed by atoms with Crippen molar-refractivity contribution >= 4 is 41.3 Å². The van der Waals surface area contributed by atoms with Crippen LogP contribution in [0.25, 0.3) is 11.3 Å². The number of hydrazone groups is 1. The summed E-state index contributed by atoms with van der Waals surface area (Å²) in [5.74, 6) is 2.36. The highest BCUT2D eigenvalue weighted by molar-refractivity contribution is 6.33. The molecule has 0 spiro atoms. The second kappa shape index (κ2) is 10.2. The molecule has 2 saturated heterocycles. The van der Waals surface area contributed by atoms with E-state index in [0.29, 0.717) is 66.3 Å². The molecule has 12 nitrogen and oxygen atoms in total. The van der Waals surface area contributed by atoms with Gasteiger partial charge in [-0.15, -0.1) is 0 Å². The zero-order valence-corrected chi connectivity index (χ0v) is 19.5. The van der Waals surface area contributed by atoms with Gasteiger partial charge in [0.15, 0.2) is 0 Å². The first kappa shape index (κ1) is 23.0. The lowest BCUT2D eigenvalue weighted by molar-refractivity contribution is -0.384. The number of nitro groups is 1. The fourth-order valence-corrected chi connectivity index (χ4v) is 4.11. The van der Waals surface area contributed by atoms with Gasteiger partial charge < -0.3 is 19.0 Å². The maximum absolute atomic E-state index is 11.1. The van der Waals surface area contributed by atoms with Crippen molar-refractivity contribution in [1.29, 1.82) is 0 Å².